The molecule has 0 unspecified atom stereocenters. The Morgan fingerprint density at radius 1 is 1.19 bits per heavy atom. The van der Waals surface area contributed by atoms with Crippen molar-refractivity contribution in [1.29, 1.82) is 0 Å². The number of rotatable bonds is 7. The zero-order valence-electron chi connectivity index (χ0n) is 10.2. The molecule has 0 fully saturated rings. The molecule has 0 aliphatic heterocycles. The molecule has 1 rings (SSSR count). The highest BCUT2D eigenvalue weighted by Crippen LogP contribution is 2.31. The lowest BCUT2D eigenvalue weighted by atomic mass is 10.0. The SMILES string of the molecule is CCCCCCc1cc(C)ccc1SSN. The summed E-state index contributed by atoms with van der Waals surface area (Å²) >= 11 is 0. The van der Waals surface area contributed by atoms with Crippen LogP contribution in [-0.4, -0.2) is 0 Å². The zero-order valence-corrected chi connectivity index (χ0v) is 11.8. The first kappa shape index (κ1) is 13.9. The first-order valence-corrected chi connectivity index (χ1v) is 8.12. The van der Waals surface area contributed by atoms with Crippen molar-refractivity contribution in [3.8, 4) is 0 Å². The van der Waals surface area contributed by atoms with Crippen LogP contribution in [-0.2, 0) is 6.42 Å². The molecule has 0 aliphatic rings. The van der Waals surface area contributed by atoms with Crippen molar-refractivity contribution in [2.24, 2.45) is 5.14 Å². The number of hydrogen-bond acceptors (Lipinski definition) is 3. The molecule has 0 bridgehead atoms. The van der Waals surface area contributed by atoms with E-state index in [2.05, 4.69) is 32.0 Å². The third-order valence-corrected chi connectivity index (χ3v) is 4.15. The summed E-state index contributed by atoms with van der Waals surface area (Å²) < 4.78 is 0. The fourth-order valence-corrected chi connectivity index (χ4v) is 3.07. The molecule has 3 heteroatoms. The first-order chi connectivity index (χ1) is 7.77. The Morgan fingerprint density at radius 2 is 2.00 bits per heavy atom. The molecular weight excluding hydrogens is 234 g/mol. The Labute approximate surface area is 107 Å². The van der Waals surface area contributed by atoms with E-state index in [4.69, 9.17) is 5.14 Å². The van der Waals surface area contributed by atoms with Crippen LogP contribution in [0.3, 0.4) is 0 Å². The Balaban J connectivity index is 2.57. The predicted molar refractivity (Wildman–Crippen MR) is 76.7 cm³/mol. The van der Waals surface area contributed by atoms with Crippen molar-refractivity contribution >= 4 is 21.8 Å². The summed E-state index contributed by atoms with van der Waals surface area (Å²) in [5.74, 6) is 0. The summed E-state index contributed by atoms with van der Waals surface area (Å²) in [7, 11) is 3.00. The summed E-state index contributed by atoms with van der Waals surface area (Å²) in [6, 6.07) is 6.65. The Morgan fingerprint density at radius 3 is 2.69 bits per heavy atom. The highest BCUT2D eigenvalue weighted by atomic mass is 33.1. The molecule has 0 saturated carbocycles. The van der Waals surface area contributed by atoms with Gasteiger partial charge in [-0.25, -0.2) is 0 Å². The summed E-state index contributed by atoms with van der Waals surface area (Å²) in [6.45, 7) is 4.40. The molecule has 0 aromatic heterocycles. The lowest BCUT2D eigenvalue weighted by Gasteiger charge is -2.08. The number of unbranched alkanes of at least 4 members (excludes halogenated alkanes) is 3. The standard InChI is InChI=1S/C13H21NS2/c1-3-4-5-6-7-12-10-11(2)8-9-13(12)15-16-14/h8-10H,3-7,14H2,1-2H3. The average Bonchev–Trinajstić information content (AvgIpc) is 2.28. The molecule has 2 N–H and O–H groups in total. The lowest BCUT2D eigenvalue weighted by Crippen LogP contribution is -1.90. The largest absolute Gasteiger partial charge is 0.268 e. The van der Waals surface area contributed by atoms with Crippen molar-refractivity contribution in [1.82, 2.24) is 0 Å². The van der Waals surface area contributed by atoms with E-state index in [1.54, 1.807) is 10.8 Å². The van der Waals surface area contributed by atoms with Gasteiger partial charge in [0, 0.05) is 4.90 Å². The van der Waals surface area contributed by atoms with Gasteiger partial charge < -0.3 is 0 Å². The smallest absolute Gasteiger partial charge is 0.0227 e. The van der Waals surface area contributed by atoms with E-state index in [0.29, 0.717) is 0 Å². The van der Waals surface area contributed by atoms with Gasteiger partial charge in [-0.2, -0.15) is 0 Å². The Hall–Kier alpha value is -0.120. The predicted octanol–water partition coefficient (Wildman–Crippen LogP) is 4.73. The summed E-state index contributed by atoms with van der Waals surface area (Å²) in [5, 5.41) is 5.52. The fourth-order valence-electron chi connectivity index (χ4n) is 1.78. The van der Waals surface area contributed by atoms with Gasteiger partial charge in [0.15, 0.2) is 0 Å². The van der Waals surface area contributed by atoms with Gasteiger partial charge in [-0.1, -0.05) is 43.9 Å². The second-order valence-electron chi connectivity index (χ2n) is 4.10. The van der Waals surface area contributed by atoms with Gasteiger partial charge in [0.05, 0.1) is 0 Å². The molecule has 0 atom stereocenters. The number of hydrogen-bond donors (Lipinski definition) is 1. The van der Waals surface area contributed by atoms with Gasteiger partial charge in [0.1, 0.15) is 0 Å². The van der Waals surface area contributed by atoms with Crippen LogP contribution in [0.15, 0.2) is 23.1 Å². The number of aryl methyl sites for hydroxylation is 2. The van der Waals surface area contributed by atoms with Gasteiger partial charge in [-0.3, -0.25) is 5.14 Å². The maximum atomic E-state index is 5.52. The number of nitrogens with two attached hydrogens (primary N) is 1. The van der Waals surface area contributed by atoms with Gasteiger partial charge >= 0.3 is 0 Å². The van der Waals surface area contributed by atoms with Crippen LogP contribution in [0.2, 0.25) is 0 Å². The maximum Gasteiger partial charge on any atom is 0.0227 e. The number of benzene rings is 1. The van der Waals surface area contributed by atoms with Crippen molar-refractivity contribution in [2.45, 2.75) is 50.8 Å². The van der Waals surface area contributed by atoms with Gasteiger partial charge in [0.25, 0.3) is 0 Å². The molecule has 16 heavy (non-hydrogen) atoms. The third kappa shape index (κ3) is 4.81. The van der Waals surface area contributed by atoms with Crippen LogP contribution in [0.1, 0.15) is 43.7 Å². The molecular formula is C13H21NS2. The highest BCUT2D eigenvalue weighted by molar-refractivity contribution is 8.75. The summed E-state index contributed by atoms with van der Waals surface area (Å²) in [5.41, 5.74) is 2.80. The highest BCUT2D eigenvalue weighted by Gasteiger charge is 2.03. The van der Waals surface area contributed by atoms with Crippen LogP contribution in [0.25, 0.3) is 0 Å². The zero-order chi connectivity index (χ0) is 11.8. The maximum absolute atomic E-state index is 5.52. The van der Waals surface area contributed by atoms with Crippen LogP contribution >= 0.6 is 21.8 Å². The lowest BCUT2D eigenvalue weighted by molar-refractivity contribution is 0.663. The second-order valence-corrected chi connectivity index (χ2v) is 5.98. The van der Waals surface area contributed by atoms with E-state index < -0.39 is 0 Å². The summed E-state index contributed by atoms with van der Waals surface area (Å²) in [6.07, 6.45) is 6.46. The molecule has 1 aromatic rings. The molecule has 0 radical (unpaired) electrons. The molecule has 1 aromatic carbocycles. The van der Waals surface area contributed by atoms with E-state index in [1.165, 1.54) is 59.1 Å². The summed E-state index contributed by atoms with van der Waals surface area (Å²) in [4.78, 5) is 1.33. The molecule has 0 heterocycles. The van der Waals surface area contributed by atoms with Crippen LogP contribution < -0.4 is 5.14 Å². The Kier molecular flexibility index (Phi) is 7.01. The van der Waals surface area contributed by atoms with E-state index in [0.717, 1.165) is 0 Å². The normalized spacial score (nSPS) is 10.7. The quantitative estimate of drug-likeness (QED) is 0.433. The minimum absolute atomic E-state index is 1.19. The first-order valence-electron chi connectivity index (χ1n) is 5.91. The second kappa shape index (κ2) is 8.04. The molecule has 0 amide bonds. The minimum atomic E-state index is 1.19. The van der Waals surface area contributed by atoms with E-state index >= 15 is 0 Å². The van der Waals surface area contributed by atoms with Crippen molar-refractivity contribution in [3.63, 3.8) is 0 Å². The molecule has 0 saturated heterocycles. The van der Waals surface area contributed by atoms with E-state index in [-0.39, 0.29) is 0 Å². The third-order valence-electron chi connectivity index (χ3n) is 2.65. The fraction of sp³-hybridized carbons (Fsp3) is 0.538. The van der Waals surface area contributed by atoms with Crippen molar-refractivity contribution < 1.29 is 0 Å². The average molecular weight is 255 g/mol. The van der Waals surface area contributed by atoms with E-state index in [1.807, 2.05) is 0 Å². The molecule has 1 nitrogen and oxygen atoms in total. The molecule has 90 valence electrons. The molecule has 0 spiro atoms. The van der Waals surface area contributed by atoms with E-state index in [9.17, 15) is 0 Å². The Bertz CT molecular complexity index is 313. The molecule has 0 aliphatic carbocycles. The van der Waals surface area contributed by atoms with Gasteiger partial charge in [-0.15, -0.1) is 0 Å². The topological polar surface area (TPSA) is 26.0 Å². The van der Waals surface area contributed by atoms with Crippen molar-refractivity contribution in [3.05, 3.63) is 29.3 Å². The van der Waals surface area contributed by atoms with Crippen molar-refractivity contribution in [2.75, 3.05) is 0 Å². The van der Waals surface area contributed by atoms with Gasteiger partial charge in [0.2, 0.25) is 0 Å². The van der Waals surface area contributed by atoms with Crippen LogP contribution in [0.4, 0.5) is 0 Å². The van der Waals surface area contributed by atoms with Crippen LogP contribution in [0, 0.1) is 6.92 Å². The van der Waals surface area contributed by atoms with Gasteiger partial charge in [-0.05, 0) is 53.2 Å². The minimum Gasteiger partial charge on any atom is -0.268 e. The van der Waals surface area contributed by atoms with Crippen LogP contribution in [0.5, 0.6) is 0 Å². The monoisotopic (exact) mass is 255 g/mol.